The number of benzene rings is 1. The van der Waals surface area contributed by atoms with Crippen LogP contribution in [0.4, 0.5) is 0 Å². The second-order valence-electron chi connectivity index (χ2n) is 6.97. The van der Waals surface area contributed by atoms with E-state index in [9.17, 15) is 9.59 Å². The summed E-state index contributed by atoms with van der Waals surface area (Å²) in [5, 5.41) is 3.20. The van der Waals surface area contributed by atoms with Gasteiger partial charge in [-0.1, -0.05) is 6.07 Å². The molecule has 1 spiro atoms. The van der Waals surface area contributed by atoms with Gasteiger partial charge in [0.2, 0.25) is 0 Å². The van der Waals surface area contributed by atoms with E-state index in [1.54, 1.807) is 37.7 Å². The molecule has 26 heavy (non-hydrogen) atoms. The Kier molecular flexibility index (Phi) is 4.11. The van der Waals surface area contributed by atoms with Crippen molar-refractivity contribution in [1.82, 2.24) is 15.2 Å². The lowest BCUT2D eigenvalue weighted by Crippen LogP contribution is -2.50. The fourth-order valence-corrected chi connectivity index (χ4v) is 3.89. The Labute approximate surface area is 152 Å². The number of rotatable bonds is 2. The molecule has 1 saturated heterocycles. The number of amides is 2. The highest BCUT2D eigenvalue weighted by Crippen LogP contribution is 2.32. The van der Waals surface area contributed by atoms with Gasteiger partial charge < -0.3 is 15.0 Å². The summed E-state index contributed by atoms with van der Waals surface area (Å²) in [6, 6.07) is 9.08. The number of aromatic nitrogens is 1. The molecule has 2 aliphatic heterocycles. The third kappa shape index (κ3) is 2.92. The van der Waals surface area contributed by atoms with Crippen LogP contribution in [0.1, 0.15) is 39.1 Å². The smallest absolute Gasteiger partial charge is 0.254 e. The van der Waals surface area contributed by atoms with Crippen molar-refractivity contribution < 1.29 is 14.3 Å². The van der Waals surface area contributed by atoms with Crippen LogP contribution in [0, 0.1) is 0 Å². The minimum absolute atomic E-state index is 0.0121. The highest BCUT2D eigenvalue weighted by Gasteiger charge is 2.42. The number of ether oxygens (including phenoxy) is 1. The zero-order chi connectivity index (χ0) is 18.1. The average molecular weight is 351 g/mol. The number of aryl methyl sites for hydroxylation is 1. The zero-order valence-corrected chi connectivity index (χ0v) is 14.7. The number of methoxy groups -OCH3 is 1. The quantitative estimate of drug-likeness (QED) is 0.899. The maximum Gasteiger partial charge on any atom is 0.254 e. The fourth-order valence-electron chi connectivity index (χ4n) is 3.89. The third-order valence-corrected chi connectivity index (χ3v) is 5.38. The van der Waals surface area contributed by atoms with Crippen molar-refractivity contribution in [3.8, 4) is 5.75 Å². The molecule has 6 nitrogen and oxygen atoms in total. The first kappa shape index (κ1) is 16.6. The van der Waals surface area contributed by atoms with E-state index in [0.717, 1.165) is 24.8 Å². The van der Waals surface area contributed by atoms with Gasteiger partial charge in [-0.15, -0.1) is 0 Å². The van der Waals surface area contributed by atoms with Crippen molar-refractivity contribution in [2.24, 2.45) is 0 Å². The normalized spacial score (nSPS) is 21.9. The van der Waals surface area contributed by atoms with E-state index < -0.39 is 0 Å². The van der Waals surface area contributed by atoms with Crippen LogP contribution >= 0.6 is 0 Å². The van der Waals surface area contributed by atoms with Gasteiger partial charge in [-0.2, -0.15) is 0 Å². The Bertz CT molecular complexity index is 853. The first-order valence-corrected chi connectivity index (χ1v) is 8.79. The predicted molar refractivity (Wildman–Crippen MR) is 96.3 cm³/mol. The van der Waals surface area contributed by atoms with Gasteiger partial charge in [0.05, 0.1) is 12.6 Å². The van der Waals surface area contributed by atoms with E-state index >= 15 is 0 Å². The second-order valence-corrected chi connectivity index (χ2v) is 6.97. The number of nitrogens with zero attached hydrogens (tertiary/aromatic N) is 2. The molecule has 1 fully saturated rings. The molecular weight excluding hydrogens is 330 g/mol. The summed E-state index contributed by atoms with van der Waals surface area (Å²) in [6.07, 6.45) is 5.63. The molecule has 0 unspecified atom stereocenters. The summed E-state index contributed by atoms with van der Waals surface area (Å²) in [5.41, 5.74) is 1.95. The average Bonchev–Trinajstić information content (AvgIpc) is 3.04. The van der Waals surface area contributed by atoms with Gasteiger partial charge in [-0.05, 0) is 49.1 Å². The molecule has 6 heteroatoms. The molecule has 2 aromatic rings. The molecule has 2 aliphatic rings. The fraction of sp³-hybridized carbons (Fsp3) is 0.350. The number of hydrogen-bond donors (Lipinski definition) is 1. The van der Waals surface area contributed by atoms with Crippen molar-refractivity contribution in [1.29, 1.82) is 0 Å². The largest absolute Gasteiger partial charge is 0.497 e. The van der Waals surface area contributed by atoms with Gasteiger partial charge in [0.25, 0.3) is 11.8 Å². The number of hydrogen-bond acceptors (Lipinski definition) is 4. The molecule has 1 aromatic heterocycles. The molecule has 0 saturated carbocycles. The monoisotopic (exact) mass is 351 g/mol. The summed E-state index contributed by atoms with van der Waals surface area (Å²) in [4.78, 5) is 31.3. The zero-order valence-electron chi connectivity index (χ0n) is 14.7. The molecule has 1 aromatic carbocycles. The van der Waals surface area contributed by atoms with Crippen LogP contribution in [0.15, 0.2) is 42.7 Å². The van der Waals surface area contributed by atoms with Crippen molar-refractivity contribution in [2.45, 2.75) is 24.8 Å². The summed E-state index contributed by atoms with van der Waals surface area (Å²) in [7, 11) is 1.59. The van der Waals surface area contributed by atoms with Crippen LogP contribution in [0.2, 0.25) is 0 Å². The molecule has 0 radical (unpaired) electrons. The van der Waals surface area contributed by atoms with E-state index in [4.69, 9.17) is 4.74 Å². The lowest BCUT2D eigenvalue weighted by molar-refractivity contribution is 0.0764. The number of fused-ring (bicyclic) bond motifs is 1. The van der Waals surface area contributed by atoms with E-state index in [1.165, 1.54) is 0 Å². The summed E-state index contributed by atoms with van der Waals surface area (Å²) < 4.78 is 5.25. The first-order valence-electron chi connectivity index (χ1n) is 8.79. The van der Waals surface area contributed by atoms with Crippen LogP contribution in [0.3, 0.4) is 0 Å². The number of carbonyl (C=O) groups excluding carboxylic acids is 2. The van der Waals surface area contributed by atoms with E-state index in [0.29, 0.717) is 30.0 Å². The lowest BCUT2D eigenvalue weighted by Gasteiger charge is -2.29. The first-order chi connectivity index (χ1) is 12.6. The van der Waals surface area contributed by atoms with Crippen molar-refractivity contribution >= 4 is 11.8 Å². The summed E-state index contributed by atoms with van der Waals surface area (Å²) in [6.45, 7) is 1.17. The summed E-state index contributed by atoms with van der Waals surface area (Å²) >= 11 is 0. The number of pyridine rings is 1. The molecule has 0 aliphatic carbocycles. The van der Waals surface area contributed by atoms with Crippen LogP contribution < -0.4 is 10.1 Å². The molecule has 134 valence electrons. The highest BCUT2D eigenvalue weighted by atomic mass is 16.5. The SMILES string of the molecule is COc1ccc2c(c1)C(=O)N[C@]1(CC2)CCN(C(=O)c2ccncc2)C1. The van der Waals surface area contributed by atoms with E-state index in [1.807, 2.05) is 17.0 Å². The molecule has 3 heterocycles. The van der Waals surface area contributed by atoms with Crippen LogP contribution in [0.25, 0.3) is 0 Å². The summed E-state index contributed by atoms with van der Waals surface area (Å²) in [5.74, 6) is 0.576. The van der Waals surface area contributed by atoms with Crippen LogP contribution in [-0.4, -0.2) is 47.4 Å². The topological polar surface area (TPSA) is 71.5 Å². The molecule has 1 atom stereocenters. The third-order valence-electron chi connectivity index (χ3n) is 5.38. The maximum absolute atomic E-state index is 12.8. The van der Waals surface area contributed by atoms with Gasteiger partial charge in [-0.3, -0.25) is 14.6 Å². The van der Waals surface area contributed by atoms with Gasteiger partial charge in [0.1, 0.15) is 5.75 Å². The van der Waals surface area contributed by atoms with Crippen LogP contribution in [-0.2, 0) is 6.42 Å². The minimum Gasteiger partial charge on any atom is -0.497 e. The Balaban J connectivity index is 1.54. The molecule has 2 amide bonds. The molecule has 0 bridgehead atoms. The Morgan fingerprint density at radius 1 is 1.23 bits per heavy atom. The van der Waals surface area contributed by atoms with E-state index in [-0.39, 0.29) is 17.4 Å². The van der Waals surface area contributed by atoms with Crippen molar-refractivity contribution in [3.63, 3.8) is 0 Å². The number of carbonyl (C=O) groups is 2. The molecule has 4 rings (SSSR count). The van der Waals surface area contributed by atoms with Gasteiger partial charge in [0, 0.05) is 36.6 Å². The second kappa shape index (κ2) is 6.44. The highest BCUT2D eigenvalue weighted by molar-refractivity contribution is 5.97. The van der Waals surface area contributed by atoms with Gasteiger partial charge in [-0.25, -0.2) is 0 Å². The lowest BCUT2D eigenvalue weighted by atomic mass is 9.91. The number of nitrogens with one attached hydrogen (secondary N) is 1. The van der Waals surface area contributed by atoms with Gasteiger partial charge in [0.15, 0.2) is 0 Å². The van der Waals surface area contributed by atoms with Crippen molar-refractivity contribution in [2.75, 3.05) is 20.2 Å². The Morgan fingerprint density at radius 2 is 2.04 bits per heavy atom. The number of likely N-dealkylation sites (tertiary alicyclic amines) is 1. The minimum atomic E-state index is -0.369. The standard InChI is InChI=1S/C20H21N3O3/c1-26-16-3-2-14-4-7-20(22-18(24)17(14)12-16)8-11-23(13-20)19(25)15-5-9-21-10-6-15/h2-3,5-6,9-10,12H,4,7-8,11,13H2,1H3,(H,22,24)/t20-/m1/s1. The predicted octanol–water partition coefficient (Wildman–Crippen LogP) is 2.05. The van der Waals surface area contributed by atoms with Gasteiger partial charge >= 0.3 is 0 Å². The van der Waals surface area contributed by atoms with Crippen LogP contribution in [0.5, 0.6) is 5.75 Å². The van der Waals surface area contributed by atoms with E-state index in [2.05, 4.69) is 10.3 Å². The van der Waals surface area contributed by atoms with Crippen molar-refractivity contribution in [3.05, 3.63) is 59.4 Å². The molecule has 1 N–H and O–H groups in total. The molecular formula is C20H21N3O3. The maximum atomic E-state index is 12.8. The Morgan fingerprint density at radius 3 is 2.81 bits per heavy atom. The Hall–Kier alpha value is -2.89.